The number of nitrogens with two attached hydrogens (primary N) is 1. The van der Waals surface area contributed by atoms with Crippen LogP contribution < -0.4 is 31.7 Å². The van der Waals surface area contributed by atoms with Crippen LogP contribution in [0.1, 0.15) is 22.8 Å². The summed E-state index contributed by atoms with van der Waals surface area (Å²) < 4.78 is 21.3. The second-order valence-corrected chi connectivity index (χ2v) is 8.73. The Labute approximate surface area is 221 Å². The van der Waals surface area contributed by atoms with Crippen LogP contribution in [0.4, 0.5) is 21.7 Å². The Hall–Kier alpha value is -5.27. The average molecular weight is 534 g/mol. The molecule has 3 aromatic heterocycles. The molecular weight excluding hydrogens is 509 g/mol. The summed E-state index contributed by atoms with van der Waals surface area (Å²) in [6.45, 7) is 1.99. The zero-order valence-corrected chi connectivity index (χ0v) is 20.9. The molecule has 2 bridgehead atoms. The van der Waals surface area contributed by atoms with Crippen molar-refractivity contribution in [3.05, 3.63) is 59.7 Å². The topological polar surface area (TPSA) is 178 Å². The van der Waals surface area contributed by atoms with Crippen molar-refractivity contribution in [2.75, 3.05) is 30.0 Å². The zero-order valence-electron chi connectivity index (χ0n) is 20.9. The summed E-state index contributed by atoms with van der Waals surface area (Å²) in [5, 5.41) is 15.0. The lowest BCUT2D eigenvalue weighted by Gasteiger charge is -2.18. The van der Waals surface area contributed by atoms with Crippen LogP contribution in [0.15, 0.2) is 42.7 Å². The highest BCUT2D eigenvalue weighted by Gasteiger charge is 2.23. The molecule has 0 spiro atoms. The van der Waals surface area contributed by atoms with Crippen molar-refractivity contribution >= 4 is 40.7 Å². The summed E-state index contributed by atoms with van der Waals surface area (Å²) in [5.41, 5.74) is 8.81. The number of rotatable bonds is 2. The number of anilines is 3. The van der Waals surface area contributed by atoms with Gasteiger partial charge in [-0.15, -0.1) is 0 Å². The smallest absolute Gasteiger partial charge is 0.313 e. The summed E-state index contributed by atoms with van der Waals surface area (Å²) in [4.78, 5) is 45.1. The van der Waals surface area contributed by atoms with Gasteiger partial charge in [0.2, 0.25) is 5.88 Å². The summed E-state index contributed by atoms with van der Waals surface area (Å²) in [6.07, 6.45) is 1.96. The van der Waals surface area contributed by atoms with Crippen molar-refractivity contribution in [3.63, 3.8) is 0 Å². The van der Waals surface area contributed by atoms with Crippen LogP contribution in [0.2, 0.25) is 0 Å². The molecule has 4 aromatic rings. The van der Waals surface area contributed by atoms with Crippen LogP contribution in [0, 0.1) is 5.82 Å². The molecule has 0 saturated heterocycles. The number of nitrogen functional groups attached to an aromatic ring is 1. The summed E-state index contributed by atoms with van der Waals surface area (Å²) >= 11 is 0. The van der Waals surface area contributed by atoms with E-state index in [-0.39, 0.29) is 36.0 Å². The van der Waals surface area contributed by atoms with E-state index >= 15 is 0 Å². The quantitative estimate of drug-likeness (QED) is 0.238. The highest BCUT2D eigenvalue weighted by molar-refractivity contribution is 6.39. The molecule has 200 valence electrons. The first kappa shape index (κ1) is 25.4. The lowest BCUT2D eigenvalue weighted by atomic mass is 10.1. The third kappa shape index (κ3) is 4.99. The van der Waals surface area contributed by atoms with Gasteiger partial charge in [-0.25, -0.2) is 14.4 Å². The van der Waals surface area contributed by atoms with Gasteiger partial charge < -0.3 is 31.7 Å². The number of pyridine rings is 1. The maximum atomic E-state index is 14.1. The first-order valence-corrected chi connectivity index (χ1v) is 11.9. The fourth-order valence-corrected chi connectivity index (χ4v) is 4.05. The van der Waals surface area contributed by atoms with Crippen molar-refractivity contribution in [3.8, 4) is 17.0 Å². The fraction of sp³-hybridized carbons (Fsp3) is 0.200. The third-order valence-electron chi connectivity index (χ3n) is 5.99. The number of aromatic nitrogens is 4. The highest BCUT2D eigenvalue weighted by Crippen LogP contribution is 2.35. The van der Waals surface area contributed by atoms with Crippen LogP contribution in [0.25, 0.3) is 16.8 Å². The first-order valence-electron chi connectivity index (χ1n) is 11.9. The Morgan fingerprint density at radius 3 is 2.69 bits per heavy atom. The SMILES string of the molecule is CNC(=O)C(=O)Nc1ccc(-c2c3nc4c(cnn4c2N)C(=O)NC[C@H](C)Oc2ncc(F)cc2CN3)cc1. The van der Waals surface area contributed by atoms with Gasteiger partial charge in [-0.3, -0.25) is 14.4 Å². The Morgan fingerprint density at radius 2 is 1.95 bits per heavy atom. The van der Waals surface area contributed by atoms with Crippen LogP contribution in [0.3, 0.4) is 0 Å². The number of benzene rings is 1. The Kier molecular flexibility index (Phi) is 6.66. The molecule has 0 unspecified atom stereocenters. The van der Waals surface area contributed by atoms with E-state index < -0.39 is 29.6 Å². The highest BCUT2D eigenvalue weighted by atomic mass is 19.1. The Bertz CT molecular complexity index is 1600. The number of nitrogens with one attached hydrogen (secondary N) is 4. The van der Waals surface area contributed by atoms with Crippen molar-refractivity contribution in [2.45, 2.75) is 19.6 Å². The zero-order chi connectivity index (χ0) is 27.7. The number of fused-ring (bicyclic) bond motifs is 2. The molecule has 0 aliphatic carbocycles. The first-order chi connectivity index (χ1) is 18.7. The van der Waals surface area contributed by atoms with Gasteiger partial charge >= 0.3 is 11.8 Å². The van der Waals surface area contributed by atoms with Gasteiger partial charge in [-0.05, 0) is 30.7 Å². The molecule has 0 saturated carbocycles. The number of likely N-dealkylation sites (N-methyl/N-ethyl adjacent to an activating group) is 1. The van der Waals surface area contributed by atoms with Gasteiger partial charge in [0, 0.05) is 24.8 Å². The average Bonchev–Trinajstić information content (AvgIpc) is 3.36. The monoisotopic (exact) mass is 533 g/mol. The number of ether oxygens (including phenoxy) is 1. The van der Waals surface area contributed by atoms with E-state index in [9.17, 15) is 18.8 Å². The Morgan fingerprint density at radius 1 is 1.18 bits per heavy atom. The molecule has 0 radical (unpaired) electrons. The van der Waals surface area contributed by atoms with E-state index in [1.54, 1.807) is 31.2 Å². The molecule has 6 N–H and O–H groups in total. The summed E-state index contributed by atoms with van der Waals surface area (Å²) in [5.74, 6) is -1.88. The van der Waals surface area contributed by atoms with E-state index in [1.807, 2.05) is 0 Å². The molecular formula is C25H24FN9O4. The third-order valence-corrected chi connectivity index (χ3v) is 5.99. The number of carbonyl (C=O) groups is 3. The molecule has 0 fully saturated rings. The molecule has 1 aliphatic rings. The molecule has 3 amide bonds. The van der Waals surface area contributed by atoms with Crippen LogP contribution in [-0.2, 0) is 16.1 Å². The number of amides is 3. The van der Waals surface area contributed by atoms with E-state index in [1.165, 1.54) is 23.8 Å². The van der Waals surface area contributed by atoms with Crippen molar-refractivity contribution < 1.29 is 23.5 Å². The maximum Gasteiger partial charge on any atom is 0.313 e. The van der Waals surface area contributed by atoms with Crippen LogP contribution in [-0.4, -0.2) is 57.0 Å². The number of nitrogens with zero attached hydrogens (tertiary/aromatic N) is 4. The molecule has 1 aliphatic heterocycles. The second kappa shape index (κ2) is 10.2. The van der Waals surface area contributed by atoms with Gasteiger partial charge in [0.1, 0.15) is 29.1 Å². The molecule has 14 heteroatoms. The number of carbonyl (C=O) groups excluding carboxylic acids is 3. The maximum absolute atomic E-state index is 14.1. The normalized spacial score (nSPS) is 15.1. The fourth-order valence-electron chi connectivity index (χ4n) is 4.05. The van der Waals surface area contributed by atoms with Crippen LogP contribution >= 0.6 is 0 Å². The van der Waals surface area contributed by atoms with Gasteiger partial charge in [-0.1, -0.05) is 12.1 Å². The van der Waals surface area contributed by atoms with E-state index in [4.69, 9.17) is 10.5 Å². The summed E-state index contributed by atoms with van der Waals surface area (Å²) in [7, 11) is 1.36. The lowest BCUT2D eigenvalue weighted by molar-refractivity contribution is -0.135. The van der Waals surface area contributed by atoms with Crippen molar-refractivity contribution in [1.82, 2.24) is 30.2 Å². The molecule has 1 aromatic carbocycles. The molecule has 39 heavy (non-hydrogen) atoms. The van der Waals surface area contributed by atoms with Crippen molar-refractivity contribution in [1.29, 1.82) is 0 Å². The van der Waals surface area contributed by atoms with Gasteiger partial charge in [-0.2, -0.15) is 9.61 Å². The largest absolute Gasteiger partial charge is 0.473 e. The molecule has 1 atom stereocenters. The van der Waals surface area contributed by atoms with E-state index in [0.29, 0.717) is 28.2 Å². The minimum absolute atomic E-state index is 0.0769. The number of halogens is 1. The second-order valence-electron chi connectivity index (χ2n) is 8.73. The van der Waals surface area contributed by atoms with Crippen LogP contribution in [0.5, 0.6) is 5.88 Å². The summed E-state index contributed by atoms with van der Waals surface area (Å²) in [6, 6.07) is 7.84. The van der Waals surface area contributed by atoms with E-state index in [0.717, 1.165) is 6.20 Å². The molecule has 5 rings (SSSR count). The minimum atomic E-state index is -0.814. The Balaban J connectivity index is 1.60. The number of hydrogen-bond donors (Lipinski definition) is 5. The van der Waals surface area contributed by atoms with Gasteiger partial charge in [0.05, 0.1) is 24.5 Å². The number of hydrogen-bond acceptors (Lipinski definition) is 9. The minimum Gasteiger partial charge on any atom is -0.473 e. The van der Waals surface area contributed by atoms with Crippen molar-refractivity contribution in [2.24, 2.45) is 0 Å². The van der Waals surface area contributed by atoms with Gasteiger partial charge in [0.15, 0.2) is 5.65 Å². The lowest BCUT2D eigenvalue weighted by Crippen LogP contribution is -2.33. The standard InChI is InChI=1S/C25H24FN9O4/c1-12-8-30-22(36)17-11-32-35-19(27)18(13-3-5-16(6-4-13)33-24(38)23(37)28-2)20(34-21(17)35)29-9-14-7-15(26)10-31-25(14)39-12/h3-7,10-12H,8-9,27H2,1-2H3,(H,28,37)(H,29,34)(H,30,36)(H,33,38)/t12-/m0/s1. The van der Waals surface area contributed by atoms with E-state index in [2.05, 4.69) is 36.3 Å². The van der Waals surface area contributed by atoms with Gasteiger partial charge in [0.25, 0.3) is 5.91 Å². The molecule has 13 nitrogen and oxygen atoms in total. The molecule has 4 heterocycles. The predicted molar refractivity (Wildman–Crippen MR) is 139 cm³/mol. The predicted octanol–water partition coefficient (Wildman–Crippen LogP) is 1.32.